The lowest BCUT2D eigenvalue weighted by molar-refractivity contribution is -0.144. The quantitative estimate of drug-likeness (QED) is 0.846. The minimum absolute atomic E-state index is 0.0706. The van der Waals surface area contributed by atoms with Crippen LogP contribution >= 0.6 is 0 Å². The van der Waals surface area contributed by atoms with E-state index in [0.29, 0.717) is 13.0 Å². The Morgan fingerprint density at radius 1 is 1.16 bits per heavy atom. The molecule has 7 nitrogen and oxygen atoms in total. The number of benzene rings is 1. The molecule has 0 saturated carbocycles. The van der Waals surface area contributed by atoms with Crippen molar-refractivity contribution < 1.29 is 19.4 Å². The van der Waals surface area contributed by atoms with E-state index in [2.05, 4.69) is 10.2 Å². The van der Waals surface area contributed by atoms with Gasteiger partial charge in [0, 0.05) is 45.3 Å². The van der Waals surface area contributed by atoms with Crippen molar-refractivity contribution in [2.75, 3.05) is 39.3 Å². The summed E-state index contributed by atoms with van der Waals surface area (Å²) in [4.78, 5) is 27.8. The Balaban J connectivity index is 1.61. The maximum Gasteiger partial charge on any atom is 0.410 e. The predicted octanol–water partition coefficient (Wildman–Crippen LogP) is 1.00. The molecule has 2 atom stereocenters. The van der Waals surface area contributed by atoms with E-state index in [1.54, 1.807) is 4.90 Å². The molecule has 0 aromatic heterocycles. The summed E-state index contributed by atoms with van der Waals surface area (Å²) >= 11 is 0. The van der Waals surface area contributed by atoms with Gasteiger partial charge in [-0.3, -0.25) is 9.69 Å². The first-order valence-corrected chi connectivity index (χ1v) is 8.76. The normalized spacial score (nSPS) is 24.7. The summed E-state index contributed by atoms with van der Waals surface area (Å²) < 4.78 is 5.39. The van der Waals surface area contributed by atoms with Gasteiger partial charge in [-0.2, -0.15) is 0 Å². The van der Waals surface area contributed by atoms with E-state index in [-0.39, 0.29) is 19.2 Å². The molecular formula is C18H25N3O4. The van der Waals surface area contributed by atoms with Crippen LogP contribution in [0.2, 0.25) is 0 Å². The Labute approximate surface area is 147 Å². The van der Waals surface area contributed by atoms with Crippen LogP contribution < -0.4 is 5.32 Å². The second-order valence-corrected chi connectivity index (χ2v) is 6.66. The number of piperidine rings is 1. The molecule has 7 heteroatoms. The van der Waals surface area contributed by atoms with E-state index in [1.807, 2.05) is 30.3 Å². The van der Waals surface area contributed by atoms with Gasteiger partial charge < -0.3 is 20.1 Å². The Hall–Kier alpha value is -2.12. The third kappa shape index (κ3) is 4.70. The highest BCUT2D eigenvalue weighted by Crippen LogP contribution is 2.22. The summed E-state index contributed by atoms with van der Waals surface area (Å²) in [6.07, 6.45) is 0.146. The average Bonchev–Trinajstić information content (AvgIpc) is 2.67. The molecule has 1 aromatic rings. The van der Waals surface area contributed by atoms with E-state index in [1.165, 1.54) is 0 Å². The van der Waals surface area contributed by atoms with Gasteiger partial charge in [0.15, 0.2) is 0 Å². The van der Waals surface area contributed by atoms with Crippen LogP contribution in [0, 0.1) is 5.92 Å². The van der Waals surface area contributed by atoms with Gasteiger partial charge in [0.05, 0.1) is 5.92 Å². The minimum Gasteiger partial charge on any atom is -0.481 e. The SMILES string of the molecule is O=C(O)C1CC(N2CCNCC2)CN(C(=O)OCc2ccccc2)C1. The Kier molecular flexibility index (Phi) is 5.88. The summed E-state index contributed by atoms with van der Waals surface area (Å²) in [7, 11) is 0. The minimum atomic E-state index is -0.847. The van der Waals surface area contributed by atoms with Crippen molar-refractivity contribution in [3.05, 3.63) is 35.9 Å². The highest BCUT2D eigenvalue weighted by atomic mass is 16.6. The lowest BCUT2D eigenvalue weighted by Crippen LogP contribution is -2.57. The molecule has 3 rings (SSSR count). The van der Waals surface area contributed by atoms with Gasteiger partial charge in [0.1, 0.15) is 6.61 Å². The molecule has 2 N–H and O–H groups in total. The van der Waals surface area contributed by atoms with Gasteiger partial charge in [-0.15, -0.1) is 0 Å². The number of aliphatic carboxylic acids is 1. The van der Waals surface area contributed by atoms with Gasteiger partial charge in [0.2, 0.25) is 0 Å². The van der Waals surface area contributed by atoms with E-state index < -0.39 is 18.0 Å². The first-order valence-electron chi connectivity index (χ1n) is 8.76. The van der Waals surface area contributed by atoms with Gasteiger partial charge in [-0.05, 0) is 12.0 Å². The molecule has 25 heavy (non-hydrogen) atoms. The first-order chi connectivity index (χ1) is 12.1. The smallest absolute Gasteiger partial charge is 0.410 e. The Morgan fingerprint density at radius 3 is 2.56 bits per heavy atom. The largest absolute Gasteiger partial charge is 0.481 e. The molecule has 2 heterocycles. The van der Waals surface area contributed by atoms with Crippen molar-refractivity contribution in [2.45, 2.75) is 19.1 Å². The molecule has 2 aliphatic heterocycles. The fourth-order valence-electron chi connectivity index (χ4n) is 3.52. The van der Waals surface area contributed by atoms with Crippen molar-refractivity contribution in [3.63, 3.8) is 0 Å². The molecule has 2 saturated heterocycles. The number of ether oxygens (including phenoxy) is 1. The summed E-state index contributed by atoms with van der Waals surface area (Å²) in [5.41, 5.74) is 0.918. The molecule has 1 aromatic carbocycles. The third-order valence-electron chi connectivity index (χ3n) is 4.91. The predicted molar refractivity (Wildman–Crippen MR) is 92.2 cm³/mol. The number of carboxylic acid groups (broad SMARTS) is 1. The van der Waals surface area contributed by atoms with Crippen LogP contribution in [-0.2, 0) is 16.1 Å². The molecule has 2 aliphatic rings. The lowest BCUT2D eigenvalue weighted by atomic mass is 9.93. The van der Waals surface area contributed by atoms with Gasteiger partial charge in [0.25, 0.3) is 0 Å². The van der Waals surface area contributed by atoms with E-state index in [9.17, 15) is 14.7 Å². The van der Waals surface area contributed by atoms with Crippen molar-refractivity contribution in [1.29, 1.82) is 0 Å². The van der Waals surface area contributed by atoms with Crippen LogP contribution in [0.4, 0.5) is 4.79 Å². The molecule has 2 unspecified atom stereocenters. The van der Waals surface area contributed by atoms with Gasteiger partial charge >= 0.3 is 12.1 Å². The molecule has 0 spiro atoms. The van der Waals surface area contributed by atoms with Crippen LogP contribution in [-0.4, -0.2) is 72.3 Å². The number of carboxylic acids is 1. The second-order valence-electron chi connectivity index (χ2n) is 6.66. The van der Waals surface area contributed by atoms with Gasteiger partial charge in [-0.1, -0.05) is 30.3 Å². The average molecular weight is 347 g/mol. The molecule has 0 radical (unpaired) electrons. The standard InChI is InChI=1S/C18H25N3O4/c22-17(23)15-10-16(20-8-6-19-7-9-20)12-21(11-15)18(24)25-13-14-4-2-1-3-5-14/h1-5,15-16,19H,6-13H2,(H,22,23). The number of hydrogen-bond acceptors (Lipinski definition) is 5. The summed E-state index contributed by atoms with van der Waals surface area (Å²) in [5.74, 6) is -1.39. The van der Waals surface area contributed by atoms with Crippen LogP contribution in [0.5, 0.6) is 0 Å². The third-order valence-corrected chi connectivity index (χ3v) is 4.91. The maximum atomic E-state index is 12.4. The number of carbonyl (C=O) groups is 2. The second kappa shape index (κ2) is 8.31. The monoisotopic (exact) mass is 347 g/mol. The highest BCUT2D eigenvalue weighted by molar-refractivity contribution is 5.73. The fraction of sp³-hybridized carbons (Fsp3) is 0.556. The zero-order valence-corrected chi connectivity index (χ0v) is 14.3. The Morgan fingerprint density at radius 2 is 1.88 bits per heavy atom. The number of carbonyl (C=O) groups excluding carboxylic acids is 1. The van der Waals surface area contributed by atoms with E-state index in [0.717, 1.165) is 31.7 Å². The lowest BCUT2D eigenvalue weighted by Gasteiger charge is -2.42. The van der Waals surface area contributed by atoms with E-state index in [4.69, 9.17) is 4.74 Å². The molecule has 1 amide bonds. The molecule has 0 bridgehead atoms. The number of likely N-dealkylation sites (tertiary alicyclic amines) is 1. The number of piperazine rings is 1. The fourth-order valence-corrected chi connectivity index (χ4v) is 3.52. The number of rotatable bonds is 4. The van der Waals surface area contributed by atoms with Crippen LogP contribution in [0.1, 0.15) is 12.0 Å². The topological polar surface area (TPSA) is 82.1 Å². The number of nitrogens with one attached hydrogen (secondary N) is 1. The van der Waals surface area contributed by atoms with Crippen molar-refractivity contribution in [3.8, 4) is 0 Å². The highest BCUT2D eigenvalue weighted by Gasteiger charge is 2.37. The van der Waals surface area contributed by atoms with Crippen molar-refractivity contribution in [1.82, 2.24) is 15.1 Å². The zero-order valence-electron chi connectivity index (χ0n) is 14.3. The Bertz CT molecular complexity index is 589. The summed E-state index contributed by atoms with van der Waals surface area (Å²) in [6, 6.07) is 9.56. The maximum absolute atomic E-state index is 12.4. The van der Waals surface area contributed by atoms with Crippen LogP contribution in [0.25, 0.3) is 0 Å². The van der Waals surface area contributed by atoms with Crippen LogP contribution in [0.3, 0.4) is 0 Å². The molecular weight excluding hydrogens is 322 g/mol. The van der Waals surface area contributed by atoms with Crippen LogP contribution in [0.15, 0.2) is 30.3 Å². The molecule has 136 valence electrons. The van der Waals surface area contributed by atoms with Crippen molar-refractivity contribution >= 4 is 12.1 Å². The number of amides is 1. The summed E-state index contributed by atoms with van der Waals surface area (Å²) in [5, 5.41) is 12.7. The summed E-state index contributed by atoms with van der Waals surface area (Å²) in [6.45, 7) is 4.49. The number of hydrogen-bond donors (Lipinski definition) is 2. The first kappa shape index (κ1) is 17.7. The zero-order chi connectivity index (χ0) is 17.6. The molecule has 2 fully saturated rings. The van der Waals surface area contributed by atoms with Gasteiger partial charge in [-0.25, -0.2) is 4.79 Å². The number of nitrogens with zero attached hydrogens (tertiary/aromatic N) is 2. The molecule has 0 aliphatic carbocycles. The van der Waals surface area contributed by atoms with Crippen molar-refractivity contribution in [2.24, 2.45) is 5.92 Å². The van der Waals surface area contributed by atoms with E-state index >= 15 is 0 Å².